The summed E-state index contributed by atoms with van der Waals surface area (Å²) in [7, 11) is 0. The van der Waals surface area contributed by atoms with Gasteiger partial charge in [-0.1, -0.05) is 0 Å². The van der Waals surface area contributed by atoms with Gasteiger partial charge in [-0.2, -0.15) is 0 Å². The minimum absolute atomic E-state index is 0.193. The number of nitrogens with two attached hydrogens (primary N) is 1. The first-order valence-corrected chi connectivity index (χ1v) is 4.82. The summed E-state index contributed by atoms with van der Waals surface area (Å²) in [5.74, 6) is -2.25. The molecule has 0 aliphatic rings. The van der Waals surface area contributed by atoms with Crippen LogP contribution in [0, 0.1) is 5.82 Å². The standard InChI is InChI=1S/C10H12FN3O3/c11-8-2-1-6(5-7(8)9(15)16)14-10(17)13-4-3-12/h1-2,5H,3-4,12H2,(H,15,16)(H2,13,14,17). The second-order valence-corrected chi connectivity index (χ2v) is 3.17. The summed E-state index contributed by atoms with van der Waals surface area (Å²) in [6.07, 6.45) is 0. The molecule has 2 amide bonds. The van der Waals surface area contributed by atoms with Gasteiger partial charge in [0, 0.05) is 18.8 Å². The molecule has 0 fully saturated rings. The first kappa shape index (κ1) is 12.9. The molecule has 0 aliphatic heterocycles. The fourth-order valence-corrected chi connectivity index (χ4v) is 1.13. The van der Waals surface area contributed by atoms with Crippen molar-refractivity contribution < 1.29 is 19.1 Å². The van der Waals surface area contributed by atoms with Crippen molar-refractivity contribution in [2.24, 2.45) is 5.73 Å². The number of carboxylic acid groups (broad SMARTS) is 1. The zero-order chi connectivity index (χ0) is 12.8. The van der Waals surface area contributed by atoms with Gasteiger partial charge in [0.1, 0.15) is 5.82 Å². The van der Waals surface area contributed by atoms with E-state index in [-0.39, 0.29) is 12.2 Å². The smallest absolute Gasteiger partial charge is 0.338 e. The lowest BCUT2D eigenvalue weighted by molar-refractivity contribution is 0.0692. The van der Waals surface area contributed by atoms with Crippen LogP contribution in [0.4, 0.5) is 14.9 Å². The van der Waals surface area contributed by atoms with Gasteiger partial charge in [-0.3, -0.25) is 0 Å². The van der Waals surface area contributed by atoms with Crippen LogP contribution in [0.5, 0.6) is 0 Å². The van der Waals surface area contributed by atoms with Crippen molar-refractivity contribution in [1.82, 2.24) is 5.32 Å². The summed E-state index contributed by atoms with van der Waals surface area (Å²) < 4.78 is 13.0. The molecule has 1 aromatic rings. The summed E-state index contributed by atoms with van der Waals surface area (Å²) in [6.45, 7) is 0.579. The van der Waals surface area contributed by atoms with Crippen molar-refractivity contribution in [2.45, 2.75) is 0 Å². The van der Waals surface area contributed by atoms with Crippen molar-refractivity contribution >= 4 is 17.7 Å². The monoisotopic (exact) mass is 241 g/mol. The molecule has 0 atom stereocenters. The maximum atomic E-state index is 13.0. The molecular weight excluding hydrogens is 229 g/mol. The molecule has 0 heterocycles. The number of carboxylic acids is 1. The zero-order valence-electron chi connectivity index (χ0n) is 8.87. The molecule has 0 spiro atoms. The Morgan fingerprint density at radius 1 is 1.41 bits per heavy atom. The Kier molecular flexibility index (Phi) is 4.41. The van der Waals surface area contributed by atoms with E-state index in [4.69, 9.17) is 10.8 Å². The van der Waals surface area contributed by atoms with Gasteiger partial charge in [0.2, 0.25) is 0 Å². The Bertz CT molecular complexity index is 437. The molecule has 0 saturated heterocycles. The third-order valence-electron chi connectivity index (χ3n) is 1.88. The third kappa shape index (κ3) is 3.72. The molecule has 0 aromatic heterocycles. The fraction of sp³-hybridized carbons (Fsp3) is 0.200. The van der Waals surface area contributed by atoms with Gasteiger partial charge in [0.25, 0.3) is 0 Å². The van der Waals surface area contributed by atoms with Gasteiger partial charge < -0.3 is 21.5 Å². The van der Waals surface area contributed by atoms with Crippen LogP contribution >= 0.6 is 0 Å². The maximum Gasteiger partial charge on any atom is 0.338 e. The number of carbonyl (C=O) groups excluding carboxylic acids is 1. The molecule has 5 N–H and O–H groups in total. The Morgan fingerprint density at radius 2 is 2.12 bits per heavy atom. The number of aromatic carboxylic acids is 1. The largest absolute Gasteiger partial charge is 0.478 e. The average Bonchev–Trinajstić information content (AvgIpc) is 2.28. The number of rotatable bonds is 4. The van der Waals surface area contributed by atoms with Crippen LogP contribution in [-0.4, -0.2) is 30.2 Å². The van der Waals surface area contributed by atoms with Crippen molar-refractivity contribution in [3.63, 3.8) is 0 Å². The molecule has 17 heavy (non-hydrogen) atoms. The van der Waals surface area contributed by atoms with Gasteiger partial charge >= 0.3 is 12.0 Å². The van der Waals surface area contributed by atoms with Crippen LogP contribution in [0.2, 0.25) is 0 Å². The van der Waals surface area contributed by atoms with E-state index in [2.05, 4.69) is 10.6 Å². The van der Waals surface area contributed by atoms with E-state index in [0.717, 1.165) is 12.1 Å². The van der Waals surface area contributed by atoms with Crippen LogP contribution in [0.25, 0.3) is 0 Å². The number of urea groups is 1. The van der Waals surface area contributed by atoms with Crippen molar-refractivity contribution in [1.29, 1.82) is 0 Å². The minimum atomic E-state index is -1.39. The first-order valence-electron chi connectivity index (χ1n) is 4.82. The second kappa shape index (κ2) is 5.80. The predicted octanol–water partition coefficient (Wildman–Crippen LogP) is 0.604. The Hall–Kier alpha value is -2.15. The normalized spacial score (nSPS) is 9.76. The summed E-state index contributed by atoms with van der Waals surface area (Å²) in [5.41, 5.74) is 4.88. The number of halogens is 1. The quantitative estimate of drug-likeness (QED) is 0.619. The van der Waals surface area contributed by atoms with Gasteiger partial charge in [-0.25, -0.2) is 14.0 Å². The molecule has 6 nitrogen and oxygen atoms in total. The summed E-state index contributed by atoms with van der Waals surface area (Å²) in [4.78, 5) is 21.9. The van der Waals surface area contributed by atoms with Crippen LogP contribution in [0.15, 0.2) is 18.2 Å². The minimum Gasteiger partial charge on any atom is -0.478 e. The lowest BCUT2D eigenvalue weighted by Gasteiger charge is -2.07. The number of amides is 2. The number of benzene rings is 1. The van der Waals surface area contributed by atoms with E-state index in [0.29, 0.717) is 6.54 Å². The second-order valence-electron chi connectivity index (χ2n) is 3.17. The highest BCUT2D eigenvalue weighted by Gasteiger charge is 2.11. The number of nitrogens with one attached hydrogen (secondary N) is 2. The predicted molar refractivity (Wildman–Crippen MR) is 59.4 cm³/mol. The summed E-state index contributed by atoms with van der Waals surface area (Å²) in [6, 6.07) is 2.75. The molecule has 92 valence electrons. The molecule has 0 aliphatic carbocycles. The SMILES string of the molecule is NCCNC(=O)Nc1ccc(F)c(C(=O)O)c1. The summed E-state index contributed by atoms with van der Waals surface area (Å²) >= 11 is 0. The number of hydrogen-bond donors (Lipinski definition) is 4. The van der Waals surface area contributed by atoms with Crippen LogP contribution in [0.3, 0.4) is 0 Å². The molecule has 0 radical (unpaired) electrons. The highest BCUT2D eigenvalue weighted by molar-refractivity contribution is 5.93. The van der Waals surface area contributed by atoms with Crippen LogP contribution in [0.1, 0.15) is 10.4 Å². The van der Waals surface area contributed by atoms with Gasteiger partial charge in [-0.15, -0.1) is 0 Å². The van der Waals surface area contributed by atoms with E-state index in [9.17, 15) is 14.0 Å². The number of carbonyl (C=O) groups is 2. The van der Waals surface area contributed by atoms with Crippen molar-refractivity contribution in [2.75, 3.05) is 18.4 Å². The Labute approximate surface area is 96.6 Å². The van der Waals surface area contributed by atoms with Crippen molar-refractivity contribution in [3.05, 3.63) is 29.6 Å². The topological polar surface area (TPSA) is 104 Å². The molecule has 7 heteroatoms. The Balaban J connectivity index is 2.75. The van der Waals surface area contributed by atoms with E-state index in [1.54, 1.807) is 0 Å². The molecule has 1 aromatic carbocycles. The van der Waals surface area contributed by atoms with Crippen molar-refractivity contribution in [3.8, 4) is 0 Å². The maximum absolute atomic E-state index is 13.0. The van der Waals surface area contributed by atoms with E-state index in [1.165, 1.54) is 6.07 Å². The fourth-order valence-electron chi connectivity index (χ4n) is 1.13. The molecular formula is C10H12FN3O3. The first-order chi connectivity index (χ1) is 8.04. The highest BCUT2D eigenvalue weighted by Crippen LogP contribution is 2.14. The lowest BCUT2D eigenvalue weighted by Crippen LogP contribution is -2.32. The molecule has 0 unspecified atom stereocenters. The third-order valence-corrected chi connectivity index (χ3v) is 1.88. The number of anilines is 1. The van der Waals surface area contributed by atoms with E-state index in [1.807, 2.05) is 0 Å². The highest BCUT2D eigenvalue weighted by atomic mass is 19.1. The van der Waals surface area contributed by atoms with E-state index >= 15 is 0 Å². The average molecular weight is 241 g/mol. The van der Waals surface area contributed by atoms with Crippen LogP contribution < -0.4 is 16.4 Å². The Morgan fingerprint density at radius 3 is 2.71 bits per heavy atom. The van der Waals surface area contributed by atoms with Gasteiger partial charge in [-0.05, 0) is 18.2 Å². The lowest BCUT2D eigenvalue weighted by atomic mass is 10.2. The number of hydrogen-bond acceptors (Lipinski definition) is 3. The van der Waals surface area contributed by atoms with E-state index < -0.39 is 23.4 Å². The molecule has 1 rings (SSSR count). The summed E-state index contributed by atoms with van der Waals surface area (Å²) in [5, 5.41) is 13.5. The molecule has 0 bridgehead atoms. The zero-order valence-corrected chi connectivity index (χ0v) is 8.87. The van der Waals surface area contributed by atoms with Crippen LogP contribution in [-0.2, 0) is 0 Å². The molecule has 0 saturated carbocycles. The van der Waals surface area contributed by atoms with Gasteiger partial charge in [0.05, 0.1) is 5.56 Å². The van der Waals surface area contributed by atoms with Gasteiger partial charge in [0.15, 0.2) is 0 Å².